The summed E-state index contributed by atoms with van der Waals surface area (Å²) in [5, 5.41) is 3.29. The number of pyridine rings is 1. The minimum atomic E-state index is -0.363. The highest BCUT2D eigenvalue weighted by atomic mass is 19.1. The summed E-state index contributed by atoms with van der Waals surface area (Å²) in [6, 6.07) is 8.47. The molecule has 0 unspecified atom stereocenters. The summed E-state index contributed by atoms with van der Waals surface area (Å²) in [5.41, 5.74) is 0.800. The van der Waals surface area contributed by atoms with Crippen LogP contribution < -0.4 is 10.1 Å². The average Bonchev–Trinajstić information content (AvgIpc) is 2.43. The van der Waals surface area contributed by atoms with E-state index in [-0.39, 0.29) is 11.6 Å². The molecular weight excluding hydrogens is 255 g/mol. The molecule has 0 fully saturated rings. The van der Waals surface area contributed by atoms with E-state index >= 15 is 0 Å². The van der Waals surface area contributed by atoms with Gasteiger partial charge in [0.25, 0.3) is 0 Å². The Labute approximate surface area is 118 Å². The van der Waals surface area contributed by atoms with Gasteiger partial charge in [0.1, 0.15) is 5.75 Å². The fourth-order valence-corrected chi connectivity index (χ4v) is 1.83. The molecule has 0 aliphatic heterocycles. The van der Waals surface area contributed by atoms with Crippen molar-refractivity contribution in [3.05, 3.63) is 54.1 Å². The molecule has 0 saturated heterocycles. The number of aromatic nitrogens is 1. The molecule has 0 radical (unpaired) electrons. The van der Waals surface area contributed by atoms with Crippen LogP contribution in [0.5, 0.6) is 11.5 Å². The molecule has 4 heteroatoms. The van der Waals surface area contributed by atoms with E-state index in [0.29, 0.717) is 18.2 Å². The molecule has 2 rings (SSSR count). The fraction of sp³-hybridized carbons (Fsp3) is 0.312. The van der Waals surface area contributed by atoms with Gasteiger partial charge in [0.05, 0.1) is 6.20 Å². The number of hydrogen-bond donors (Lipinski definition) is 1. The quantitative estimate of drug-likeness (QED) is 0.871. The highest BCUT2D eigenvalue weighted by Crippen LogP contribution is 2.27. The van der Waals surface area contributed by atoms with Crippen molar-refractivity contribution < 1.29 is 9.13 Å². The van der Waals surface area contributed by atoms with Crippen molar-refractivity contribution in [1.82, 2.24) is 10.3 Å². The van der Waals surface area contributed by atoms with Gasteiger partial charge < -0.3 is 10.1 Å². The number of nitrogens with zero attached hydrogens (tertiary/aromatic N) is 1. The lowest BCUT2D eigenvalue weighted by Gasteiger charge is -2.13. The van der Waals surface area contributed by atoms with Crippen LogP contribution in [0.1, 0.15) is 19.4 Å². The molecule has 1 aromatic carbocycles. The Morgan fingerprint density at radius 3 is 2.80 bits per heavy atom. The van der Waals surface area contributed by atoms with Crippen molar-refractivity contribution in [3.63, 3.8) is 0 Å². The van der Waals surface area contributed by atoms with Gasteiger partial charge in [0.2, 0.25) is 0 Å². The van der Waals surface area contributed by atoms with Crippen LogP contribution in [0, 0.1) is 11.7 Å². The lowest BCUT2D eigenvalue weighted by molar-refractivity contribution is 0.430. The van der Waals surface area contributed by atoms with Crippen LogP contribution in [0.4, 0.5) is 4.39 Å². The summed E-state index contributed by atoms with van der Waals surface area (Å²) in [5.74, 6) is 0.975. The van der Waals surface area contributed by atoms with Gasteiger partial charge in [-0.05, 0) is 30.7 Å². The third-order valence-electron chi connectivity index (χ3n) is 2.77. The average molecular weight is 274 g/mol. The van der Waals surface area contributed by atoms with Gasteiger partial charge in [-0.25, -0.2) is 4.39 Å². The Morgan fingerprint density at radius 2 is 2.10 bits per heavy atom. The second-order valence-corrected chi connectivity index (χ2v) is 5.04. The third kappa shape index (κ3) is 4.03. The summed E-state index contributed by atoms with van der Waals surface area (Å²) < 4.78 is 19.6. The van der Waals surface area contributed by atoms with E-state index in [1.807, 2.05) is 6.07 Å². The molecule has 0 bridgehead atoms. The minimum Gasteiger partial charge on any atom is -0.452 e. The molecule has 2 aromatic rings. The van der Waals surface area contributed by atoms with Gasteiger partial charge in [-0.1, -0.05) is 26.0 Å². The first kappa shape index (κ1) is 14.5. The van der Waals surface area contributed by atoms with Crippen molar-refractivity contribution in [1.29, 1.82) is 0 Å². The fourth-order valence-electron chi connectivity index (χ4n) is 1.83. The third-order valence-corrected chi connectivity index (χ3v) is 2.77. The minimum absolute atomic E-state index is 0.261. The Bertz CT molecular complexity index is 543. The smallest absolute Gasteiger partial charge is 0.167 e. The first-order valence-corrected chi connectivity index (χ1v) is 6.73. The first-order chi connectivity index (χ1) is 9.66. The zero-order valence-electron chi connectivity index (χ0n) is 11.8. The van der Waals surface area contributed by atoms with Crippen LogP contribution in [0.25, 0.3) is 0 Å². The molecule has 1 N–H and O–H groups in total. The maximum Gasteiger partial charge on any atom is 0.167 e. The molecule has 20 heavy (non-hydrogen) atoms. The van der Waals surface area contributed by atoms with E-state index in [2.05, 4.69) is 24.1 Å². The number of ether oxygens (including phenoxy) is 1. The molecule has 1 aromatic heterocycles. The number of halogens is 1. The predicted molar refractivity (Wildman–Crippen MR) is 77.3 cm³/mol. The van der Waals surface area contributed by atoms with Crippen molar-refractivity contribution in [3.8, 4) is 11.5 Å². The van der Waals surface area contributed by atoms with Crippen LogP contribution in [-0.4, -0.2) is 11.5 Å². The Hall–Kier alpha value is -1.94. The predicted octanol–water partition coefficient (Wildman–Crippen LogP) is 3.76. The second kappa shape index (κ2) is 7.01. The largest absolute Gasteiger partial charge is 0.452 e. The highest BCUT2D eigenvalue weighted by Gasteiger charge is 2.11. The summed E-state index contributed by atoms with van der Waals surface area (Å²) in [7, 11) is 0. The molecule has 0 amide bonds. The molecule has 1 heterocycles. The van der Waals surface area contributed by atoms with Crippen molar-refractivity contribution in [2.45, 2.75) is 20.4 Å². The van der Waals surface area contributed by atoms with E-state index in [1.54, 1.807) is 30.6 Å². The number of rotatable bonds is 6. The topological polar surface area (TPSA) is 34.1 Å². The van der Waals surface area contributed by atoms with Crippen molar-refractivity contribution >= 4 is 0 Å². The molecule has 3 nitrogen and oxygen atoms in total. The normalized spacial score (nSPS) is 10.8. The Kier molecular flexibility index (Phi) is 5.07. The monoisotopic (exact) mass is 274 g/mol. The van der Waals surface area contributed by atoms with E-state index in [1.165, 1.54) is 6.07 Å². The number of nitrogens with one attached hydrogen (secondary N) is 1. The van der Waals surface area contributed by atoms with Gasteiger partial charge in [-0.15, -0.1) is 0 Å². The van der Waals surface area contributed by atoms with Gasteiger partial charge in [0.15, 0.2) is 11.6 Å². The first-order valence-electron chi connectivity index (χ1n) is 6.73. The zero-order valence-corrected chi connectivity index (χ0v) is 11.8. The molecule has 0 aliphatic carbocycles. The lowest BCUT2D eigenvalue weighted by Crippen LogP contribution is -2.19. The van der Waals surface area contributed by atoms with E-state index in [0.717, 1.165) is 12.1 Å². The van der Waals surface area contributed by atoms with Crippen molar-refractivity contribution in [2.75, 3.05) is 6.54 Å². The van der Waals surface area contributed by atoms with Crippen LogP contribution in [0.3, 0.4) is 0 Å². The summed E-state index contributed by atoms with van der Waals surface area (Å²) >= 11 is 0. The van der Waals surface area contributed by atoms with Gasteiger partial charge >= 0.3 is 0 Å². The molecule has 0 aliphatic rings. The van der Waals surface area contributed by atoms with E-state index in [4.69, 9.17) is 4.74 Å². The number of hydrogen-bond acceptors (Lipinski definition) is 3. The number of benzene rings is 1. The van der Waals surface area contributed by atoms with E-state index in [9.17, 15) is 4.39 Å². The molecule has 0 atom stereocenters. The van der Waals surface area contributed by atoms with Crippen molar-refractivity contribution in [2.24, 2.45) is 5.92 Å². The van der Waals surface area contributed by atoms with E-state index < -0.39 is 0 Å². The maximum absolute atomic E-state index is 13.9. The SMILES string of the molecule is CC(C)CNCc1cccc(F)c1Oc1cccnc1. The highest BCUT2D eigenvalue weighted by molar-refractivity contribution is 5.38. The van der Waals surface area contributed by atoms with Crippen LogP contribution in [-0.2, 0) is 6.54 Å². The maximum atomic E-state index is 13.9. The lowest BCUT2D eigenvalue weighted by atomic mass is 10.1. The zero-order chi connectivity index (χ0) is 14.4. The Balaban J connectivity index is 2.14. The molecular formula is C16H19FN2O. The summed E-state index contributed by atoms with van der Waals surface area (Å²) in [4.78, 5) is 3.96. The Morgan fingerprint density at radius 1 is 1.25 bits per heavy atom. The standard InChI is InChI=1S/C16H19FN2O/c1-12(2)9-19-10-13-5-3-7-15(17)16(13)20-14-6-4-8-18-11-14/h3-8,11-12,19H,9-10H2,1-2H3. The van der Waals surface area contributed by atoms with Gasteiger partial charge in [0, 0.05) is 18.3 Å². The van der Waals surface area contributed by atoms with Crippen LogP contribution in [0.15, 0.2) is 42.7 Å². The second-order valence-electron chi connectivity index (χ2n) is 5.04. The molecule has 0 spiro atoms. The summed E-state index contributed by atoms with van der Waals surface area (Å²) in [6.07, 6.45) is 3.22. The van der Waals surface area contributed by atoms with Gasteiger partial charge in [-0.3, -0.25) is 4.98 Å². The van der Waals surface area contributed by atoms with Crippen LogP contribution >= 0.6 is 0 Å². The van der Waals surface area contributed by atoms with Crippen LogP contribution in [0.2, 0.25) is 0 Å². The van der Waals surface area contributed by atoms with Gasteiger partial charge in [-0.2, -0.15) is 0 Å². The molecule has 106 valence electrons. The number of para-hydroxylation sites is 1. The summed E-state index contributed by atoms with van der Waals surface area (Å²) in [6.45, 7) is 5.71. The molecule has 0 saturated carbocycles.